The lowest BCUT2D eigenvalue weighted by Crippen LogP contribution is -2.57. The Kier molecular flexibility index (Phi) is 6.81. The van der Waals surface area contributed by atoms with Gasteiger partial charge in [0.15, 0.2) is 10.7 Å². The molecule has 1 rings (SSSR count). The fraction of sp³-hybridized carbons (Fsp3) is 0.533. The Balaban J connectivity index is 2.90. The van der Waals surface area contributed by atoms with Crippen molar-refractivity contribution in [2.24, 2.45) is 10.9 Å². The zero-order valence-corrected chi connectivity index (χ0v) is 16.0. The molecule has 0 bridgehead atoms. The summed E-state index contributed by atoms with van der Waals surface area (Å²) in [6, 6.07) is 0. The summed E-state index contributed by atoms with van der Waals surface area (Å²) in [4.78, 5) is 40.0. The third kappa shape index (κ3) is 5.49. The molecule has 4 N–H and O–H groups in total. The summed E-state index contributed by atoms with van der Waals surface area (Å²) in [6.07, 6.45) is 0. The summed E-state index contributed by atoms with van der Waals surface area (Å²) in [7, 11) is 0. The van der Waals surface area contributed by atoms with Gasteiger partial charge in [-0.05, 0) is 34.6 Å². The molecule has 11 heteroatoms. The SMILES string of the molecule is CCOC(=O)/C(=N\O)c1csc(NC(=O)[C@](C)(N)C(=O)OC(C)(C)C)n1. The molecule has 1 aromatic rings. The minimum Gasteiger partial charge on any atom is -0.461 e. The van der Waals surface area contributed by atoms with E-state index in [9.17, 15) is 14.4 Å². The number of carbonyl (C=O) groups excluding carboxylic acids is 3. The molecule has 10 nitrogen and oxygen atoms in total. The van der Waals surface area contributed by atoms with Crippen LogP contribution in [0.25, 0.3) is 0 Å². The second kappa shape index (κ2) is 8.23. The number of thiazole rings is 1. The van der Waals surface area contributed by atoms with Crippen LogP contribution in [0.5, 0.6) is 0 Å². The van der Waals surface area contributed by atoms with Crippen molar-refractivity contribution >= 4 is 40.0 Å². The van der Waals surface area contributed by atoms with Crippen molar-refractivity contribution in [3.8, 4) is 0 Å². The molecular weight excluding hydrogens is 364 g/mol. The number of hydrogen-bond donors (Lipinski definition) is 3. The highest BCUT2D eigenvalue weighted by Gasteiger charge is 2.41. The van der Waals surface area contributed by atoms with Crippen molar-refractivity contribution in [3.63, 3.8) is 0 Å². The van der Waals surface area contributed by atoms with Crippen LogP contribution >= 0.6 is 11.3 Å². The molecule has 0 unspecified atom stereocenters. The number of ether oxygens (including phenoxy) is 2. The molecule has 0 saturated carbocycles. The molecule has 1 atom stereocenters. The van der Waals surface area contributed by atoms with Crippen LogP contribution in [0.4, 0.5) is 5.13 Å². The van der Waals surface area contributed by atoms with Crippen molar-refractivity contribution in [2.45, 2.75) is 45.8 Å². The van der Waals surface area contributed by atoms with Crippen LogP contribution in [0.2, 0.25) is 0 Å². The van der Waals surface area contributed by atoms with Crippen molar-refractivity contribution in [1.29, 1.82) is 0 Å². The highest BCUT2D eigenvalue weighted by molar-refractivity contribution is 7.14. The molecule has 0 aliphatic carbocycles. The smallest absolute Gasteiger partial charge is 0.362 e. The van der Waals surface area contributed by atoms with Gasteiger partial charge >= 0.3 is 11.9 Å². The molecule has 0 aromatic carbocycles. The quantitative estimate of drug-likeness (QED) is 0.214. The van der Waals surface area contributed by atoms with E-state index in [0.29, 0.717) is 0 Å². The second-order valence-corrected chi connectivity index (χ2v) is 7.22. The summed E-state index contributed by atoms with van der Waals surface area (Å²) in [5.41, 5.74) is 2.63. The first-order valence-corrected chi connectivity index (χ1v) is 8.49. The minimum atomic E-state index is -1.95. The molecule has 1 aromatic heterocycles. The molecule has 0 fully saturated rings. The number of nitrogens with zero attached hydrogens (tertiary/aromatic N) is 2. The summed E-state index contributed by atoms with van der Waals surface area (Å²) < 4.78 is 9.86. The normalized spacial score (nSPS) is 14.3. The number of carbonyl (C=O) groups is 3. The fourth-order valence-electron chi connectivity index (χ4n) is 1.54. The van der Waals surface area contributed by atoms with E-state index < -0.39 is 34.7 Å². The second-order valence-electron chi connectivity index (χ2n) is 6.37. The maximum atomic E-state index is 12.3. The van der Waals surface area contributed by atoms with Gasteiger partial charge in [-0.15, -0.1) is 11.3 Å². The van der Waals surface area contributed by atoms with Gasteiger partial charge in [0.2, 0.25) is 5.71 Å². The van der Waals surface area contributed by atoms with Crippen LogP contribution in [0.3, 0.4) is 0 Å². The number of rotatable bonds is 6. The maximum Gasteiger partial charge on any atom is 0.362 e. The van der Waals surface area contributed by atoms with Gasteiger partial charge in [-0.25, -0.2) is 14.6 Å². The van der Waals surface area contributed by atoms with Gasteiger partial charge in [-0.3, -0.25) is 10.1 Å². The predicted molar refractivity (Wildman–Crippen MR) is 94.1 cm³/mol. The van der Waals surface area contributed by atoms with Crippen LogP contribution in [0.1, 0.15) is 40.3 Å². The van der Waals surface area contributed by atoms with Crippen LogP contribution in [0, 0.1) is 0 Å². The van der Waals surface area contributed by atoms with E-state index in [1.54, 1.807) is 27.7 Å². The first-order chi connectivity index (χ1) is 11.9. The zero-order valence-electron chi connectivity index (χ0n) is 15.2. The van der Waals surface area contributed by atoms with E-state index in [1.165, 1.54) is 12.3 Å². The Hall–Kier alpha value is -2.53. The van der Waals surface area contributed by atoms with Gasteiger partial charge in [0, 0.05) is 5.38 Å². The maximum absolute atomic E-state index is 12.3. The van der Waals surface area contributed by atoms with E-state index in [1.807, 2.05) is 0 Å². The largest absolute Gasteiger partial charge is 0.461 e. The van der Waals surface area contributed by atoms with Crippen LogP contribution in [0.15, 0.2) is 10.5 Å². The Bertz CT molecular complexity index is 720. The molecule has 0 saturated heterocycles. The van der Waals surface area contributed by atoms with E-state index in [-0.39, 0.29) is 17.4 Å². The lowest BCUT2D eigenvalue weighted by molar-refractivity contribution is -0.162. The third-order valence-electron chi connectivity index (χ3n) is 2.83. The number of nitrogens with two attached hydrogens (primary N) is 1. The van der Waals surface area contributed by atoms with Gasteiger partial charge in [0.25, 0.3) is 5.91 Å². The molecule has 0 spiro atoms. The summed E-state index contributed by atoms with van der Waals surface area (Å²) in [5, 5.41) is 15.6. The van der Waals surface area contributed by atoms with Gasteiger partial charge in [0.05, 0.1) is 6.61 Å². The monoisotopic (exact) mass is 386 g/mol. The standard InChI is InChI=1S/C15H22N4O6S/c1-6-24-10(20)9(19-23)8-7-26-13(17-8)18-11(21)15(5,16)12(22)25-14(2,3)4/h7,23H,6,16H2,1-5H3,(H,17,18,21)/b19-9-/t15-/m0/s1. The van der Waals surface area contributed by atoms with Gasteiger partial charge in [0.1, 0.15) is 11.3 Å². The number of hydrogen-bond acceptors (Lipinski definition) is 10. The van der Waals surface area contributed by atoms with Crippen LogP contribution < -0.4 is 11.1 Å². The van der Waals surface area contributed by atoms with Crippen molar-refractivity contribution < 1.29 is 29.1 Å². The molecule has 1 amide bonds. The van der Waals surface area contributed by atoms with Crippen LogP contribution in [-0.4, -0.2) is 51.5 Å². The summed E-state index contributed by atoms with van der Waals surface area (Å²) >= 11 is 0.948. The minimum absolute atomic E-state index is 0.00208. The number of amides is 1. The Labute approximate surface area is 154 Å². The van der Waals surface area contributed by atoms with E-state index in [2.05, 4.69) is 15.5 Å². The Morgan fingerprint density at radius 2 is 1.96 bits per heavy atom. The van der Waals surface area contributed by atoms with Gasteiger partial charge in [-0.2, -0.15) is 0 Å². The van der Waals surface area contributed by atoms with E-state index >= 15 is 0 Å². The predicted octanol–water partition coefficient (Wildman–Crippen LogP) is 0.882. The van der Waals surface area contributed by atoms with Crippen LogP contribution in [-0.2, 0) is 23.9 Å². The van der Waals surface area contributed by atoms with Crippen molar-refractivity contribution in [1.82, 2.24) is 4.98 Å². The average Bonchev–Trinajstić information content (AvgIpc) is 2.94. The number of anilines is 1. The third-order valence-corrected chi connectivity index (χ3v) is 3.59. The molecule has 0 aliphatic rings. The van der Waals surface area contributed by atoms with Gasteiger partial charge < -0.3 is 20.4 Å². The molecule has 144 valence electrons. The van der Waals surface area contributed by atoms with Crippen molar-refractivity contribution in [2.75, 3.05) is 11.9 Å². The Morgan fingerprint density at radius 3 is 2.46 bits per heavy atom. The lowest BCUT2D eigenvalue weighted by Gasteiger charge is -2.27. The van der Waals surface area contributed by atoms with Gasteiger partial charge in [-0.1, -0.05) is 5.16 Å². The Morgan fingerprint density at radius 1 is 1.35 bits per heavy atom. The fourth-order valence-corrected chi connectivity index (χ4v) is 2.23. The number of aromatic nitrogens is 1. The van der Waals surface area contributed by atoms with Crippen molar-refractivity contribution in [3.05, 3.63) is 11.1 Å². The summed E-state index contributed by atoms with van der Waals surface area (Å²) in [5.74, 6) is -2.61. The first-order valence-electron chi connectivity index (χ1n) is 7.61. The van der Waals surface area contributed by atoms with E-state index in [0.717, 1.165) is 11.3 Å². The highest BCUT2D eigenvalue weighted by Crippen LogP contribution is 2.19. The summed E-state index contributed by atoms with van der Waals surface area (Å²) in [6.45, 7) is 7.85. The molecule has 0 radical (unpaired) electrons. The number of oxime groups is 1. The van der Waals surface area contributed by atoms with E-state index in [4.69, 9.17) is 20.4 Å². The molecule has 26 heavy (non-hydrogen) atoms. The lowest BCUT2D eigenvalue weighted by atomic mass is 10.0. The zero-order chi connectivity index (χ0) is 20.1. The molecule has 0 aliphatic heterocycles. The number of esters is 2. The topological polar surface area (TPSA) is 153 Å². The molecular formula is C15H22N4O6S. The number of nitrogens with one attached hydrogen (secondary N) is 1. The highest BCUT2D eigenvalue weighted by atomic mass is 32.1. The average molecular weight is 386 g/mol. The first kappa shape index (κ1) is 21.5. The molecule has 1 heterocycles.